The number of anilines is 1. The quantitative estimate of drug-likeness (QED) is 0.405. The van der Waals surface area contributed by atoms with Gasteiger partial charge in [-0.05, 0) is 55.0 Å². The van der Waals surface area contributed by atoms with Crippen LogP contribution in [0.5, 0.6) is 0 Å². The standard InChI is InChI=1S/C24H21ClN4O3S/c1-17-26-13-14-29(17)20-10-7-18(8-11-20)16-27-24(30)22-12-9-19(15-23(22)25)28-33(31,32)21-5-3-2-4-6-21/h2-15,28H,16H2,1H3,(H,27,30). The minimum atomic E-state index is -3.75. The molecule has 7 nitrogen and oxygen atoms in total. The molecule has 0 aliphatic rings. The Morgan fingerprint density at radius 3 is 2.39 bits per heavy atom. The molecule has 0 aliphatic heterocycles. The molecular formula is C24H21ClN4O3S. The van der Waals surface area contributed by atoms with Gasteiger partial charge in [0.2, 0.25) is 0 Å². The van der Waals surface area contributed by atoms with E-state index in [0.29, 0.717) is 6.54 Å². The molecule has 0 radical (unpaired) electrons. The summed E-state index contributed by atoms with van der Waals surface area (Å²) in [5, 5.41) is 2.98. The van der Waals surface area contributed by atoms with Crippen LogP contribution in [0.3, 0.4) is 0 Å². The molecular weight excluding hydrogens is 460 g/mol. The number of benzene rings is 3. The minimum Gasteiger partial charge on any atom is -0.348 e. The van der Waals surface area contributed by atoms with E-state index in [4.69, 9.17) is 11.6 Å². The third-order valence-electron chi connectivity index (χ3n) is 5.01. The average Bonchev–Trinajstić information content (AvgIpc) is 3.24. The van der Waals surface area contributed by atoms with Crippen molar-refractivity contribution in [3.05, 3.63) is 107 Å². The Morgan fingerprint density at radius 1 is 1.03 bits per heavy atom. The van der Waals surface area contributed by atoms with Crippen molar-refractivity contribution in [3.63, 3.8) is 0 Å². The van der Waals surface area contributed by atoms with Crippen LogP contribution in [0.25, 0.3) is 5.69 Å². The molecule has 0 spiro atoms. The van der Waals surface area contributed by atoms with Gasteiger partial charge in [-0.25, -0.2) is 13.4 Å². The molecule has 0 aliphatic carbocycles. The number of amides is 1. The third-order valence-corrected chi connectivity index (χ3v) is 6.72. The van der Waals surface area contributed by atoms with Crippen LogP contribution in [-0.2, 0) is 16.6 Å². The summed E-state index contributed by atoms with van der Waals surface area (Å²) in [4.78, 5) is 17.0. The summed E-state index contributed by atoms with van der Waals surface area (Å²) in [7, 11) is -3.75. The lowest BCUT2D eigenvalue weighted by atomic mass is 10.1. The summed E-state index contributed by atoms with van der Waals surface area (Å²) in [6.07, 6.45) is 3.63. The summed E-state index contributed by atoms with van der Waals surface area (Å²) in [6, 6.07) is 20.2. The van der Waals surface area contributed by atoms with Crippen molar-refractivity contribution >= 4 is 33.2 Å². The van der Waals surface area contributed by atoms with Gasteiger partial charge in [0, 0.05) is 24.6 Å². The fourth-order valence-corrected chi connectivity index (χ4v) is 4.62. The number of carbonyl (C=O) groups excluding carboxylic acids is 1. The van der Waals surface area contributed by atoms with Crippen LogP contribution in [0.2, 0.25) is 5.02 Å². The summed E-state index contributed by atoms with van der Waals surface area (Å²) in [5.41, 5.74) is 2.43. The van der Waals surface area contributed by atoms with E-state index in [0.717, 1.165) is 17.1 Å². The lowest BCUT2D eigenvalue weighted by Crippen LogP contribution is -2.23. The number of carbonyl (C=O) groups is 1. The van der Waals surface area contributed by atoms with Gasteiger partial charge in [0.1, 0.15) is 5.82 Å². The molecule has 0 saturated carbocycles. The number of aryl methyl sites for hydroxylation is 1. The Morgan fingerprint density at radius 2 is 1.76 bits per heavy atom. The highest BCUT2D eigenvalue weighted by Crippen LogP contribution is 2.23. The topological polar surface area (TPSA) is 93.1 Å². The number of halogens is 1. The molecule has 4 rings (SSSR count). The highest BCUT2D eigenvalue weighted by atomic mass is 35.5. The summed E-state index contributed by atoms with van der Waals surface area (Å²) in [5.74, 6) is 0.534. The van der Waals surface area contributed by atoms with E-state index in [1.165, 1.54) is 30.3 Å². The van der Waals surface area contributed by atoms with E-state index < -0.39 is 10.0 Å². The van der Waals surface area contributed by atoms with Crippen LogP contribution < -0.4 is 10.0 Å². The number of imidazole rings is 1. The van der Waals surface area contributed by atoms with Gasteiger partial charge in [0.05, 0.1) is 21.2 Å². The number of hydrogen-bond donors (Lipinski definition) is 2. The van der Waals surface area contributed by atoms with E-state index in [2.05, 4.69) is 15.0 Å². The second-order valence-electron chi connectivity index (χ2n) is 7.31. The molecule has 4 aromatic rings. The molecule has 1 amide bonds. The van der Waals surface area contributed by atoms with Crippen molar-refractivity contribution in [3.8, 4) is 5.69 Å². The first-order valence-corrected chi connectivity index (χ1v) is 11.9. The molecule has 0 unspecified atom stereocenters. The molecule has 3 aromatic carbocycles. The van der Waals surface area contributed by atoms with E-state index >= 15 is 0 Å². The number of nitrogens with one attached hydrogen (secondary N) is 2. The Labute approximate surface area is 197 Å². The summed E-state index contributed by atoms with van der Waals surface area (Å²) >= 11 is 6.27. The van der Waals surface area contributed by atoms with Crippen molar-refractivity contribution in [1.82, 2.24) is 14.9 Å². The first kappa shape index (κ1) is 22.6. The third kappa shape index (κ3) is 5.24. The SMILES string of the molecule is Cc1nccn1-c1ccc(CNC(=O)c2ccc(NS(=O)(=O)c3ccccc3)cc2Cl)cc1. The molecule has 33 heavy (non-hydrogen) atoms. The summed E-state index contributed by atoms with van der Waals surface area (Å²) in [6.45, 7) is 2.25. The molecule has 1 aromatic heterocycles. The van der Waals surface area contributed by atoms with Crippen molar-refractivity contribution in [2.24, 2.45) is 0 Å². The Balaban J connectivity index is 1.40. The van der Waals surface area contributed by atoms with Gasteiger partial charge in [0.15, 0.2) is 0 Å². The molecule has 2 N–H and O–H groups in total. The fraction of sp³-hybridized carbons (Fsp3) is 0.0833. The maximum Gasteiger partial charge on any atom is 0.261 e. The number of nitrogens with zero attached hydrogens (tertiary/aromatic N) is 2. The highest BCUT2D eigenvalue weighted by Gasteiger charge is 2.16. The zero-order valence-electron chi connectivity index (χ0n) is 17.7. The zero-order valence-corrected chi connectivity index (χ0v) is 19.3. The molecule has 0 fully saturated rings. The smallest absolute Gasteiger partial charge is 0.261 e. The maximum absolute atomic E-state index is 12.6. The van der Waals surface area contributed by atoms with E-state index in [1.54, 1.807) is 24.4 Å². The van der Waals surface area contributed by atoms with Gasteiger partial charge < -0.3 is 9.88 Å². The lowest BCUT2D eigenvalue weighted by molar-refractivity contribution is 0.0951. The van der Waals surface area contributed by atoms with Crippen molar-refractivity contribution in [2.45, 2.75) is 18.4 Å². The van der Waals surface area contributed by atoms with Gasteiger partial charge in [-0.15, -0.1) is 0 Å². The van der Waals surface area contributed by atoms with Crippen LogP contribution >= 0.6 is 11.6 Å². The monoisotopic (exact) mass is 480 g/mol. The van der Waals surface area contributed by atoms with Gasteiger partial charge in [-0.2, -0.15) is 0 Å². The van der Waals surface area contributed by atoms with Crippen LogP contribution in [0.4, 0.5) is 5.69 Å². The van der Waals surface area contributed by atoms with Crippen LogP contribution in [0.1, 0.15) is 21.7 Å². The zero-order chi connectivity index (χ0) is 23.4. The van der Waals surface area contributed by atoms with Crippen LogP contribution in [0.15, 0.2) is 90.1 Å². The van der Waals surface area contributed by atoms with Gasteiger partial charge >= 0.3 is 0 Å². The first-order chi connectivity index (χ1) is 15.8. The molecule has 1 heterocycles. The first-order valence-electron chi connectivity index (χ1n) is 10.1. The number of rotatable bonds is 7. The van der Waals surface area contributed by atoms with Crippen molar-refractivity contribution in [1.29, 1.82) is 0 Å². The molecule has 9 heteroatoms. The lowest BCUT2D eigenvalue weighted by Gasteiger charge is -2.11. The Hall–Kier alpha value is -3.62. The van der Waals surface area contributed by atoms with Gasteiger partial charge in [0.25, 0.3) is 15.9 Å². The number of sulfonamides is 1. The predicted molar refractivity (Wildman–Crippen MR) is 128 cm³/mol. The van der Waals surface area contributed by atoms with E-state index in [9.17, 15) is 13.2 Å². The van der Waals surface area contributed by atoms with Crippen molar-refractivity contribution < 1.29 is 13.2 Å². The van der Waals surface area contributed by atoms with Crippen LogP contribution in [-0.4, -0.2) is 23.9 Å². The highest BCUT2D eigenvalue weighted by molar-refractivity contribution is 7.92. The van der Waals surface area contributed by atoms with E-state index in [1.807, 2.05) is 42.0 Å². The number of aromatic nitrogens is 2. The molecule has 168 valence electrons. The van der Waals surface area contributed by atoms with Gasteiger partial charge in [-0.1, -0.05) is 41.9 Å². The second kappa shape index (κ2) is 9.48. The van der Waals surface area contributed by atoms with E-state index in [-0.39, 0.29) is 27.1 Å². The predicted octanol–water partition coefficient (Wildman–Crippen LogP) is 4.56. The molecule has 0 bridgehead atoms. The normalized spacial score (nSPS) is 11.2. The maximum atomic E-state index is 12.6. The second-order valence-corrected chi connectivity index (χ2v) is 9.40. The van der Waals surface area contributed by atoms with Crippen LogP contribution in [0, 0.1) is 6.92 Å². The number of hydrogen-bond acceptors (Lipinski definition) is 4. The van der Waals surface area contributed by atoms with Gasteiger partial charge in [-0.3, -0.25) is 9.52 Å². The largest absolute Gasteiger partial charge is 0.348 e. The molecule has 0 saturated heterocycles. The Kier molecular flexibility index (Phi) is 6.48. The van der Waals surface area contributed by atoms with Crippen molar-refractivity contribution in [2.75, 3.05) is 4.72 Å². The summed E-state index contributed by atoms with van der Waals surface area (Å²) < 4.78 is 29.4. The fourth-order valence-electron chi connectivity index (χ4n) is 3.28. The average molecular weight is 481 g/mol. The Bertz CT molecular complexity index is 1380. The minimum absolute atomic E-state index is 0.136. The molecule has 0 atom stereocenters.